The maximum atomic E-state index is 13.6. The molecule has 0 spiro atoms. The molecule has 0 saturated heterocycles. The first kappa shape index (κ1) is 31.7. The minimum atomic E-state index is -1.16. The molecule has 3 rings (SSSR count). The first-order chi connectivity index (χ1) is 17.6. The van der Waals surface area contributed by atoms with Crippen LogP contribution in [-0.4, -0.2) is 78.7 Å². The van der Waals surface area contributed by atoms with Gasteiger partial charge >= 0.3 is 35.5 Å². The molecule has 10 heteroatoms. The molecule has 38 heavy (non-hydrogen) atoms. The van der Waals surface area contributed by atoms with E-state index in [-0.39, 0.29) is 59.9 Å². The zero-order valence-electron chi connectivity index (χ0n) is 21.3. The molecule has 8 nitrogen and oxygen atoms in total. The van der Waals surface area contributed by atoms with Crippen LogP contribution < -0.4 is 5.32 Å². The topological polar surface area (TPSA) is 125 Å². The van der Waals surface area contributed by atoms with Crippen LogP contribution in [0.2, 0.25) is 0 Å². The quantitative estimate of drug-likeness (QED) is 0.264. The minimum absolute atomic E-state index is 0. The molecule has 1 aromatic heterocycles. The van der Waals surface area contributed by atoms with E-state index in [1.807, 2.05) is 45.0 Å². The van der Waals surface area contributed by atoms with E-state index in [0.29, 0.717) is 29.9 Å². The summed E-state index contributed by atoms with van der Waals surface area (Å²) in [5.41, 5.74) is 4.27. The SMILES string of the molecule is Cc1ccccc1CNC(=O)c1nn(-c2ccc(F)cc2)c(CC[C@@H](O)C[C@@H](O)CC(=O)O)c1C(C)C.[NaH]. The molecule has 0 saturated carbocycles. The Morgan fingerprint density at radius 3 is 2.32 bits per heavy atom. The number of hydrogen-bond acceptors (Lipinski definition) is 5. The van der Waals surface area contributed by atoms with Crippen molar-refractivity contribution in [2.75, 3.05) is 0 Å². The van der Waals surface area contributed by atoms with Gasteiger partial charge in [-0.3, -0.25) is 9.59 Å². The van der Waals surface area contributed by atoms with Crippen molar-refractivity contribution in [3.05, 3.63) is 82.4 Å². The summed E-state index contributed by atoms with van der Waals surface area (Å²) in [6.07, 6.45) is -2.13. The number of nitrogens with zero attached hydrogens (tertiary/aromatic N) is 2. The average Bonchev–Trinajstić information content (AvgIpc) is 3.22. The van der Waals surface area contributed by atoms with Crippen LogP contribution in [0.15, 0.2) is 48.5 Å². The van der Waals surface area contributed by atoms with Crippen molar-refractivity contribution >= 4 is 41.4 Å². The fourth-order valence-electron chi connectivity index (χ4n) is 4.36. The number of amides is 1. The normalized spacial score (nSPS) is 12.6. The third kappa shape index (κ3) is 8.47. The van der Waals surface area contributed by atoms with Crippen molar-refractivity contribution in [2.45, 2.75) is 71.1 Å². The molecule has 4 N–H and O–H groups in total. The number of aliphatic carboxylic acids is 1. The second kappa shape index (κ2) is 14.6. The van der Waals surface area contributed by atoms with Crippen molar-refractivity contribution in [2.24, 2.45) is 0 Å². The van der Waals surface area contributed by atoms with Gasteiger partial charge in [0.1, 0.15) is 5.82 Å². The summed E-state index contributed by atoms with van der Waals surface area (Å²) in [7, 11) is 0. The van der Waals surface area contributed by atoms with Crippen LogP contribution in [0.25, 0.3) is 5.69 Å². The number of aliphatic hydroxyl groups is 2. The number of carboxylic acids is 1. The van der Waals surface area contributed by atoms with Crippen LogP contribution in [0.3, 0.4) is 0 Å². The van der Waals surface area contributed by atoms with E-state index < -0.39 is 30.4 Å². The van der Waals surface area contributed by atoms with Crippen molar-refractivity contribution in [1.29, 1.82) is 0 Å². The van der Waals surface area contributed by atoms with Crippen LogP contribution in [0.1, 0.15) is 71.9 Å². The fourth-order valence-corrected chi connectivity index (χ4v) is 4.36. The number of nitrogens with one attached hydrogen (secondary N) is 1. The Morgan fingerprint density at radius 2 is 1.71 bits per heavy atom. The van der Waals surface area contributed by atoms with Gasteiger partial charge in [-0.15, -0.1) is 0 Å². The van der Waals surface area contributed by atoms with Crippen LogP contribution in [0, 0.1) is 12.7 Å². The summed E-state index contributed by atoms with van der Waals surface area (Å²) in [5, 5.41) is 36.8. The third-order valence-corrected chi connectivity index (χ3v) is 6.25. The Balaban J connectivity index is 0.00000507. The summed E-state index contributed by atoms with van der Waals surface area (Å²) in [6.45, 7) is 6.20. The molecule has 0 aliphatic carbocycles. The monoisotopic (exact) mass is 535 g/mol. The van der Waals surface area contributed by atoms with E-state index >= 15 is 0 Å². The summed E-state index contributed by atoms with van der Waals surface area (Å²) in [4.78, 5) is 24.1. The first-order valence-corrected chi connectivity index (χ1v) is 12.3. The molecule has 0 aliphatic heterocycles. The number of hydrogen-bond donors (Lipinski definition) is 4. The number of benzene rings is 2. The molecular weight excluding hydrogens is 500 g/mol. The molecule has 0 radical (unpaired) electrons. The molecule has 2 atom stereocenters. The van der Waals surface area contributed by atoms with Crippen molar-refractivity contribution < 1.29 is 29.3 Å². The van der Waals surface area contributed by atoms with Crippen LogP contribution in [0.5, 0.6) is 0 Å². The van der Waals surface area contributed by atoms with E-state index in [1.54, 1.807) is 16.8 Å². The van der Waals surface area contributed by atoms with E-state index in [9.17, 15) is 24.2 Å². The Morgan fingerprint density at radius 1 is 1.05 bits per heavy atom. The Hall–Kier alpha value is -2.56. The zero-order valence-corrected chi connectivity index (χ0v) is 21.3. The number of aromatic nitrogens is 2. The Kier molecular flexibility index (Phi) is 12.1. The van der Waals surface area contributed by atoms with E-state index in [2.05, 4.69) is 10.4 Å². The first-order valence-electron chi connectivity index (χ1n) is 12.3. The summed E-state index contributed by atoms with van der Waals surface area (Å²) >= 11 is 0. The molecule has 3 aromatic rings. The van der Waals surface area contributed by atoms with Crippen LogP contribution in [0.4, 0.5) is 4.39 Å². The molecule has 0 fully saturated rings. The molecular formula is C28H35FN3NaO5. The molecule has 0 unspecified atom stereocenters. The summed E-state index contributed by atoms with van der Waals surface area (Å²) < 4.78 is 15.2. The molecule has 200 valence electrons. The molecule has 0 bridgehead atoms. The predicted octanol–water partition coefficient (Wildman–Crippen LogP) is 3.24. The zero-order chi connectivity index (χ0) is 27.1. The third-order valence-electron chi connectivity index (χ3n) is 6.25. The van der Waals surface area contributed by atoms with Gasteiger partial charge in [-0.25, -0.2) is 9.07 Å². The van der Waals surface area contributed by atoms with Gasteiger partial charge < -0.3 is 20.6 Å². The maximum absolute atomic E-state index is 13.6. The van der Waals surface area contributed by atoms with Gasteiger partial charge in [0.15, 0.2) is 5.69 Å². The fraction of sp³-hybridized carbons (Fsp3) is 0.393. The van der Waals surface area contributed by atoms with E-state index in [0.717, 1.165) is 11.1 Å². The molecule has 2 aromatic carbocycles. The summed E-state index contributed by atoms with van der Waals surface area (Å²) in [5.74, 6) is -1.97. The summed E-state index contributed by atoms with van der Waals surface area (Å²) in [6, 6.07) is 13.5. The Bertz CT molecular complexity index is 1230. The molecule has 1 heterocycles. The van der Waals surface area contributed by atoms with Gasteiger partial charge in [-0.05, 0) is 67.5 Å². The van der Waals surface area contributed by atoms with Crippen molar-refractivity contribution in [3.8, 4) is 5.69 Å². The number of carbonyl (C=O) groups is 2. The van der Waals surface area contributed by atoms with Gasteiger partial charge in [0.25, 0.3) is 5.91 Å². The van der Waals surface area contributed by atoms with Gasteiger partial charge in [0, 0.05) is 17.8 Å². The van der Waals surface area contributed by atoms with Gasteiger partial charge in [-0.1, -0.05) is 38.1 Å². The van der Waals surface area contributed by atoms with Gasteiger partial charge in [0.2, 0.25) is 0 Å². The number of rotatable bonds is 12. The van der Waals surface area contributed by atoms with Crippen LogP contribution in [-0.2, 0) is 17.8 Å². The second-order valence-corrected chi connectivity index (χ2v) is 9.54. The Labute approximate surface area is 244 Å². The van der Waals surface area contributed by atoms with Crippen LogP contribution >= 0.6 is 0 Å². The number of halogens is 1. The van der Waals surface area contributed by atoms with Gasteiger partial charge in [-0.2, -0.15) is 5.10 Å². The molecule has 1 amide bonds. The van der Waals surface area contributed by atoms with Gasteiger partial charge in [0.05, 0.1) is 24.3 Å². The van der Waals surface area contributed by atoms with E-state index in [1.165, 1.54) is 12.1 Å². The molecule has 0 aliphatic rings. The van der Waals surface area contributed by atoms with Crippen molar-refractivity contribution in [3.63, 3.8) is 0 Å². The second-order valence-electron chi connectivity index (χ2n) is 9.54. The standard InChI is InChI=1S/C28H34FN3O5.Na.H/c1-17(2)26-24(13-12-22(33)14-23(34)15-25(35)36)32(21-10-8-20(29)9-11-21)31-27(26)28(37)30-16-19-7-5-4-6-18(19)3;;/h4-11,17,22-23,33-34H,12-16H2,1-3H3,(H,30,37)(H,35,36);;/t22-,23-;;/m1../s1. The number of aliphatic hydroxyl groups excluding tert-OH is 2. The number of aryl methyl sites for hydroxylation is 1. The number of carbonyl (C=O) groups excluding carboxylic acids is 1. The van der Waals surface area contributed by atoms with E-state index in [4.69, 9.17) is 5.11 Å². The van der Waals surface area contributed by atoms with Crippen molar-refractivity contribution in [1.82, 2.24) is 15.1 Å². The predicted molar refractivity (Wildman–Crippen MR) is 144 cm³/mol. The number of carboxylic acid groups (broad SMARTS) is 1. The average molecular weight is 536 g/mol.